The molecule has 178 valence electrons. The average molecular weight is 571 g/mol. The van der Waals surface area contributed by atoms with Crippen LogP contribution in [0, 0.1) is 0 Å². The van der Waals surface area contributed by atoms with E-state index in [0.29, 0.717) is 24.5 Å². The molecule has 0 spiro atoms. The molecule has 0 aliphatic carbocycles. The second kappa shape index (κ2) is 13.8. The van der Waals surface area contributed by atoms with Gasteiger partial charge in [-0.25, -0.2) is 0 Å². The minimum atomic E-state index is -2.89. The Morgan fingerprint density at radius 3 is 2.39 bits per heavy atom. The molecule has 0 aliphatic rings. The molecule has 1 aromatic heterocycles. The number of benzene rings is 2. The van der Waals surface area contributed by atoms with Crippen LogP contribution in [0.5, 0.6) is 5.75 Å². The zero-order chi connectivity index (χ0) is 22.8. The Labute approximate surface area is 209 Å². The van der Waals surface area contributed by atoms with E-state index in [1.165, 1.54) is 12.1 Å². The van der Waals surface area contributed by atoms with Crippen LogP contribution in [0.2, 0.25) is 0 Å². The Balaban J connectivity index is 0.00000385. The van der Waals surface area contributed by atoms with Gasteiger partial charge >= 0.3 is 6.61 Å². The fraction of sp³-hybridized carbons (Fsp3) is 0.292. The van der Waals surface area contributed by atoms with Crippen molar-refractivity contribution in [3.63, 3.8) is 0 Å². The van der Waals surface area contributed by atoms with Crippen LogP contribution >= 0.6 is 24.0 Å². The quantitative estimate of drug-likeness (QED) is 0.180. The summed E-state index contributed by atoms with van der Waals surface area (Å²) in [6.07, 6.45) is 1.42. The third kappa shape index (κ3) is 9.01. The van der Waals surface area contributed by atoms with Crippen molar-refractivity contribution in [2.24, 2.45) is 4.99 Å². The number of halogens is 3. The summed E-state index contributed by atoms with van der Waals surface area (Å²) in [5.74, 6) is 1.45. The second-order valence-electron chi connectivity index (χ2n) is 7.19. The van der Waals surface area contributed by atoms with Gasteiger partial charge in [-0.15, -0.1) is 24.0 Å². The molecule has 0 saturated heterocycles. The molecule has 1 heterocycles. The summed E-state index contributed by atoms with van der Waals surface area (Å²) >= 11 is 0. The summed E-state index contributed by atoms with van der Waals surface area (Å²) in [5, 5.41) is 17.1. The van der Waals surface area contributed by atoms with Gasteiger partial charge in [0, 0.05) is 13.0 Å². The fourth-order valence-corrected chi connectivity index (χ4v) is 3.10. The van der Waals surface area contributed by atoms with E-state index >= 15 is 0 Å². The van der Waals surface area contributed by atoms with Crippen LogP contribution in [0.25, 0.3) is 0 Å². The van der Waals surface area contributed by atoms with Gasteiger partial charge in [-0.3, -0.25) is 4.99 Å². The van der Waals surface area contributed by atoms with E-state index in [0.717, 1.165) is 11.3 Å². The van der Waals surface area contributed by atoms with Gasteiger partial charge < -0.3 is 24.9 Å². The van der Waals surface area contributed by atoms with Gasteiger partial charge in [-0.2, -0.15) is 8.78 Å². The zero-order valence-electron chi connectivity index (χ0n) is 18.2. The van der Waals surface area contributed by atoms with E-state index in [-0.39, 0.29) is 42.3 Å². The normalized spacial score (nSPS) is 13.2. The maximum atomic E-state index is 12.3. The van der Waals surface area contributed by atoms with Crippen molar-refractivity contribution in [3.05, 3.63) is 89.9 Å². The number of hydrogen-bond donors (Lipinski definition) is 3. The molecule has 2 atom stereocenters. The first-order valence-corrected chi connectivity index (χ1v) is 10.4. The van der Waals surface area contributed by atoms with Crippen molar-refractivity contribution < 1.29 is 23.0 Å². The summed E-state index contributed by atoms with van der Waals surface area (Å²) in [6, 6.07) is 19.6. The van der Waals surface area contributed by atoms with Gasteiger partial charge in [-0.1, -0.05) is 42.5 Å². The molecule has 3 N–H and O–H groups in total. The van der Waals surface area contributed by atoms with E-state index in [4.69, 9.17) is 4.42 Å². The molecule has 33 heavy (non-hydrogen) atoms. The molecule has 2 aromatic carbocycles. The van der Waals surface area contributed by atoms with Crippen LogP contribution in [0.1, 0.15) is 36.0 Å². The predicted octanol–water partition coefficient (Wildman–Crippen LogP) is 5.07. The number of aliphatic imine (C=N–C) groups is 1. The topological polar surface area (TPSA) is 79.0 Å². The minimum absolute atomic E-state index is 0. The first-order valence-electron chi connectivity index (χ1n) is 10.4. The van der Waals surface area contributed by atoms with Crippen LogP contribution in [0.15, 0.2) is 82.4 Å². The summed E-state index contributed by atoms with van der Waals surface area (Å²) < 4.78 is 34.3. The lowest BCUT2D eigenvalue weighted by Gasteiger charge is -2.19. The Morgan fingerprint density at radius 2 is 1.76 bits per heavy atom. The number of nitrogens with one attached hydrogen (secondary N) is 2. The number of ether oxygens (including phenoxy) is 1. The minimum Gasteiger partial charge on any atom is -0.469 e. The lowest BCUT2D eigenvalue weighted by molar-refractivity contribution is -0.0498. The first-order chi connectivity index (χ1) is 15.5. The molecule has 2 unspecified atom stereocenters. The maximum absolute atomic E-state index is 12.3. The van der Waals surface area contributed by atoms with Crippen molar-refractivity contribution >= 4 is 29.9 Å². The van der Waals surface area contributed by atoms with Crippen LogP contribution < -0.4 is 15.4 Å². The van der Waals surface area contributed by atoms with Gasteiger partial charge in [0.25, 0.3) is 0 Å². The lowest BCUT2D eigenvalue weighted by atomic mass is 10.1. The fourth-order valence-electron chi connectivity index (χ4n) is 3.10. The molecule has 9 heteroatoms. The standard InChI is InChI=1S/C24H27F2N3O3.HI/c1-17(18-6-3-2-4-7-18)29-24(27-14-13-20-8-5-15-31-20)28-16-22(30)19-9-11-21(12-10-19)32-23(25)26;/h2-12,15,17,22-23,30H,13-14,16H2,1H3,(H2,27,28,29);1H. The Morgan fingerprint density at radius 1 is 1.03 bits per heavy atom. The average Bonchev–Trinajstić information content (AvgIpc) is 3.31. The molecule has 6 nitrogen and oxygen atoms in total. The van der Waals surface area contributed by atoms with Crippen molar-refractivity contribution in [2.75, 3.05) is 13.1 Å². The van der Waals surface area contributed by atoms with E-state index in [2.05, 4.69) is 20.4 Å². The number of alkyl halides is 2. The van der Waals surface area contributed by atoms with Gasteiger partial charge in [-0.05, 0) is 42.3 Å². The molecule has 0 fully saturated rings. The molecule has 0 amide bonds. The van der Waals surface area contributed by atoms with Gasteiger partial charge in [0.2, 0.25) is 0 Å². The third-order valence-corrected chi connectivity index (χ3v) is 4.81. The van der Waals surface area contributed by atoms with E-state index < -0.39 is 12.7 Å². The van der Waals surface area contributed by atoms with E-state index in [1.54, 1.807) is 18.4 Å². The number of aliphatic hydroxyl groups excluding tert-OH is 1. The first kappa shape index (κ1) is 26.6. The highest BCUT2D eigenvalue weighted by Crippen LogP contribution is 2.19. The molecule has 0 saturated carbocycles. The van der Waals surface area contributed by atoms with E-state index in [9.17, 15) is 13.9 Å². The van der Waals surface area contributed by atoms with Crippen LogP contribution in [0.3, 0.4) is 0 Å². The number of furan rings is 1. The highest BCUT2D eigenvalue weighted by Gasteiger charge is 2.12. The summed E-state index contributed by atoms with van der Waals surface area (Å²) in [6.45, 7) is -0.177. The van der Waals surface area contributed by atoms with Gasteiger partial charge in [0.15, 0.2) is 5.96 Å². The Kier molecular flexibility index (Phi) is 11.1. The molecular formula is C24H28F2IN3O3. The smallest absolute Gasteiger partial charge is 0.387 e. The SMILES string of the molecule is CC(NC(=NCC(O)c1ccc(OC(F)F)cc1)NCCc1ccco1)c1ccccc1.I. The van der Waals surface area contributed by atoms with Crippen LogP contribution in [0.4, 0.5) is 8.78 Å². The number of rotatable bonds is 10. The summed E-state index contributed by atoms with van der Waals surface area (Å²) in [7, 11) is 0. The van der Waals surface area contributed by atoms with Crippen LogP contribution in [-0.2, 0) is 6.42 Å². The van der Waals surface area contributed by atoms with Crippen molar-refractivity contribution in [3.8, 4) is 5.75 Å². The highest BCUT2D eigenvalue weighted by atomic mass is 127. The predicted molar refractivity (Wildman–Crippen MR) is 134 cm³/mol. The third-order valence-electron chi connectivity index (χ3n) is 4.81. The number of guanidine groups is 1. The second-order valence-corrected chi connectivity index (χ2v) is 7.19. The lowest BCUT2D eigenvalue weighted by Crippen LogP contribution is -2.40. The van der Waals surface area contributed by atoms with Crippen molar-refractivity contribution in [2.45, 2.75) is 32.1 Å². The van der Waals surface area contributed by atoms with E-state index in [1.807, 2.05) is 49.4 Å². The summed E-state index contributed by atoms with van der Waals surface area (Å²) in [4.78, 5) is 4.52. The maximum Gasteiger partial charge on any atom is 0.387 e. The zero-order valence-corrected chi connectivity index (χ0v) is 20.5. The van der Waals surface area contributed by atoms with Gasteiger partial charge in [0.05, 0.1) is 25.0 Å². The van der Waals surface area contributed by atoms with Crippen molar-refractivity contribution in [1.82, 2.24) is 10.6 Å². The molecule has 0 bridgehead atoms. The molecule has 3 rings (SSSR count). The summed E-state index contributed by atoms with van der Waals surface area (Å²) in [5.41, 5.74) is 1.66. The molecule has 0 radical (unpaired) electrons. The Bertz CT molecular complexity index is 955. The number of aliphatic hydroxyl groups is 1. The molecule has 0 aliphatic heterocycles. The number of hydrogen-bond acceptors (Lipinski definition) is 4. The van der Waals surface area contributed by atoms with Crippen LogP contribution in [-0.4, -0.2) is 30.8 Å². The highest BCUT2D eigenvalue weighted by molar-refractivity contribution is 14.0. The Hall–Kier alpha value is -2.66. The number of nitrogens with zero attached hydrogens (tertiary/aromatic N) is 1. The monoisotopic (exact) mass is 571 g/mol. The van der Waals surface area contributed by atoms with Gasteiger partial charge in [0.1, 0.15) is 11.5 Å². The molecular weight excluding hydrogens is 543 g/mol. The molecule has 3 aromatic rings. The largest absolute Gasteiger partial charge is 0.469 e. The van der Waals surface area contributed by atoms with Crippen molar-refractivity contribution in [1.29, 1.82) is 0 Å².